The van der Waals surface area contributed by atoms with Crippen molar-refractivity contribution >= 4 is 10.0 Å². The van der Waals surface area contributed by atoms with E-state index < -0.39 is 21.8 Å². The van der Waals surface area contributed by atoms with Crippen molar-refractivity contribution in [1.29, 1.82) is 0 Å². The Morgan fingerprint density at radius 3 is 2.00 bits per heavy atom. The van der Waals surface area contributed by atoms with Gasteiger partial charge in [-0.05, 0) is 68.3 Å². The van der Waals surface area contributed by atoms with Crippen molar-refractivity contribution in [3.05, 3.63) is 29.8 Å². The van der Waals surface area contributed by atoms with Gasteiger partial charge in [0.15, 0.2) is 0 Å². The van der Waals surface area contributed by atoms with Crippen molar-refractivity contribution in [2.45, 2.75) is 43.7 Å². The number of hydrogen-bond donors (Lipinski definition) is 1. The number of likely N-dealkylation sites (N-methyl/N-ethyl adjacent to an activating group) is 1. The van der Waals surface area contributed by atoms with Crippen LogP contribution in [0.5, 0.6) is 0 Å². The van der Waals surface area contributed by atoms with Crippen LogP contribution in [-0.4, -0.2) is 62.6 Å². The number of benzene rings is 1. The highest BCUT2D eigenvalue weighted by atomic mass is 32.2. The van der Waals surface area contributed by atoms with E-state index in [1.807, 2.05) is 0 Å². The van der Waals surface area contributed by atoms with E-state index in [0.717, 1.165) is 63.0 Å². The van der Waals surface area contributed by atoms with Crippen LogP contribution in [0, 0.1) is 11.8 Å². The topological polar surface area (TPSA) is 60.9 Å². The zero-order valence-electron chi connectivity index (χ0n) is 17.0. The molecule has 29 heavy (non-hydrogen) atoms. The third kappa shape index (κ3) is 6.67. The first-order valence-corrected chi connectivity index (χ1v) is 11.5. The van der Waals surface area contributed by atoms with Gasteiger partial charge in [-0.2, -0.15) is 13.2 Å². The first-order chi connectivity index (χ1) is 13.6. The predicted octanol–water partition coefficient (Wildman–Crippen LogP) is 3.45. The Labute approximate surface area is 171 Å². The fourth-order valence-corrected chi connectivity index (χ4v) is 5.19. The molecule has 1 aromatic carbocycles. The third-order valence-electron chi connectivity index (χ3n) is 5.75. The van der Waals surface area contributed by atoms with Gasteiger partial charge in [0.25, 0.3) is 0 Å². The molecule has 0 bridgehead atoms. The van der Waals surface area contributed by atoms with Gasteiger partial charge >= 0.3 is 6.18 Å². The lowest BCUT2D eigenvalue weighted by Crippen LogP contribution is -2.36. The largest absolute Gasteiger partial charge is 0.416 e. The minimum atomic E-state index is -4.49. The third-order valence-corrected chi connectivity index (χ3v) is 7.59. The van der Waals surface area contributed by atoms with Crippen LogP contribution in [0.2, 0.25) is 0 Å². The van der Waals surface area contributed by atoms with Crippen LogP contribution in [0.15, 0.2) is 29.2 Å². The van der Waals surface area contributed by atoms with Gasteiger partial charge in [0, 0.05) is 26.7 Å². The summed E-state index contributed by atoms with van der Waals surface area (Å²) in [6.45, 7) is 5.10. The molecule has 1 aliphatic rings. The summed E-state index contributed by atoms with van der Waals surface area (Å²) < 4.78 is 64.7. The fourth-order valence-electron chi connectivity index (χ4n) is 3.94. The normalized spacial score (nSPS) is 21.1. The van der Waals surface area contributed by atoms with Gasteiger partial charge in [0.1, 0.15) is 0 Å². The maximum Gasteiger partial charge on any atom is 0.416 e. The molecule has 0 spiro atoms. The molecule has 0 amide bonds. The lowest BCUT2D eigenvalue weighted by atomic mass is 9.81. The second-order valence-corrected chi connectivity index (χ2v) is 9.86. The van der Waals surface area contributed by atoms with Gasteiger partial charge in [-0.3, -0.25) is 0 Å². The van der Waals surface area contributed by atoms with Gasteiger partial charge in [-0.25, -0.2) is 12.7 Å². The maximum absolute atomic E-state index is 12.7. The molecule has 1 saturated carbocycles. The van der Waals surface area contributed by atoms with Gasteiger partial charge in [0.2, 0.25) is 10.0 Å². The average Bonchev–Trinajstić information content (AvgIpc) is 2.68. The smallest absolute Gasteiger partial charge is 0.395 e. The Bertz CT molecular complexity index is 730. The van der Waals surface area contributed by atoms with Crippen molar-refractivity contribution in [1.82, 2.24) is 9.21 Å². The van der Waals surface area contributed by atoms with Crippen molar-refractivity contribution in [2.75, 3.05) is 39.8 Å². The van der Waals surface area contributed by atoms with Crippen molar-refractivity contribution in [3.63, 3.8) is 0 Å². The summed E-state index contributed by atoms with van der Waals surface area (Å²) in [4.78, 5) is 2.11. The van der Waals surface area contributed by atoms with E-state index in [2.05, 4.69) is 11.8 Å². The Morgan fingerprint density at radius 1 is 1.03 bits per heavy atom. The fraction of sp³-hybridized carbons (Fsp3) is 0.700. The van der Waals surface area contributed by atoms with E-state index in [1.165, 1.54) is 11.4 Å². The minimum absolute atomic E-state index is 0.121. The molecule has 166 valence electrons. The average molecular weight is 437 g/mol. The molecule has 9 heteroatoms. The molecule has 0 radical (unpaired) electrons. The van der Waals surface area contributed by atoms with E-state index in [9.17, 15) is 21.6 Å². The molecule has 1 aliphatic carbocycles. The summed E-state index contributed by atoms with van der Waals surface area (Å²) in [5, 5.41) is 9.10. The number of aliphatic hydroxyl groups excluding tert-OH is 1. The van der Waals surface area contributed by atoms with Gasteiger partial charge < -0.3 is 10.0 Å². The molecule has 1 aromatic rings. The highest BCUT2D eigenvalue weighted by Gasteiger charge is 2.32. The Balaban J connectivity index is 1.90. The molecule has 1 N–H and O–H groups in total. The number of sulfonamides is 1. The van der Waals surface area contributed by atoms with Crippen LogP contribution >= 0.6 is 0 Å². The zero-order valence-corrected chi connectivity index (χ0v) is 17.8. The van der Waals surface area contributed by atoms with E-state index in [1.54, 1.807) is 0 Å². The number of hydrogen-bond acceptors (Lipinski definition) is 4. The second kappa shape index (κ2) is 10.2. The highest BCUT2D eigenvalue weighted by Crippen LogP contribution is 2.32. The van der Waals surface area contributed by atoms with E-state index in [-0.39, 0.29) is 17.4 Å². The quantitative estimate of drug-likeness (QED) is 0.644. The summed E-state index contributed by atoms with van der Waals surface area (Å²) >= 11 is 0. The summed E-state index contributed by atoms with van der Waals surface area (Å²) in [6, 6.07) is 3.65. The van der Waals surface area contributed by atoms with Gasteiger partial charge in [0.05, 0.1) is 17.1 Å². The lowest BCUT2D eigenvalue weighted by Gasteiger charge is -2.33. The highest BCUT2D eigenvalue weighted by molar-refractivity contribution is 7.89. The summed E-state index contributed by atoms with van der Waals surface area (Å²) in [6.07, 6.45) is -0.610. The SMILES string of the molecule is CCN(CCO)CC1CCC(CN(C)S(=O)(=O)c2ccc(C(F)(F)F)cc2)CC1. The maximum atomic E-state index is 12.7. The number of rotatable bonds is 9. The minimum Gasteiger partial charge on any atom is -0.395 e. The van der Waals surface area contributed by atoms with Gasteiger partial charge in [-0.15, -0.1) is 0 Å². The van der Waals surface area contributed by atoms with Crippen LogP contribution in [0.4, 0.5) is 13.2 Å². The second-order valence-electron chi connectivity index (χ2n) is 7.81. The van der Waals surface area contributed by atoms with Crippen molar-refractivity contribution in [2.24, 2.45) is 11.8 Å². The summed E-state index contributed by atoms with van der Waals surface area (Å²) in [5.74, 6) is 0.794. The van der Waals surface area contributed by atoms with Crippen LogP contribution in [0.3, 0.4) is 0 Å². The molecule has 0 aromatic heterocycles. The predicted molar refractivity (Wildman–Crippen MR) is 106 cm³/mol. The molecule has 2 rings (SSSR count). The van der Waals surface area contributed by atoms with Crippen molar-refractivity contribution < 1.29 is 26.7 Å². The monoisotopic (exact) mass is 436 g/mol. The molecule has 0 atom stereocenters. The molecular formula is C20H31F3N2O3S. The number of aliphatic hydroxyl groups is 1. The molecule has 0 heterocycles. The Kier molecular flexibility index (Phi) is 8.51. The van der Waals surface area contributed by atoms with Gasteiger partial charge in [-0.1, -0.05) is 6.92 Å². The molecule has 1 fully saturated rings. The van der Waals surface area contributed by atoms with Crippen LogP contribution in [0.25, 0.3) is 0 Å². The molecular weight excluding hydrogens is 405 g/mol. The first kappa shape index (κ1) is 24.1. The number of halogens is 3. The standard InChI is InChI=1S/C20H31F3N2O3S/c1-3-25(12-13-26)15-17-6-4-16(5-7-17)14-24(2)29(27,28)19-10-8-18(9-11-19)20(21,22)23/h8-11,16-17,26H,3-7,12-15H2,1-2H3. The molecule has 0 saturated heterocycles. The van der Waals surface area contributed by atoms with Crippen LogP contribution in [-0.2, 0) is 16.2 Å². The van der Waals surface area contributed by atoms with E-state index in [4.69, 9.17) is 5.11 Å². The first-order valence-electron chi connectivity index (χ1n) is 10.0. The lowest BCUT2D eigenvalue weighted by molar-refractivity contribution is -0.137. The van der Waals surface area contributed by atoms with E-state index in [0.29, 0.717) is 19.0 Å². The Hall–Kier alpha value is -1.16. The molecule has 0 unspecified atom stereocenters. The molecule has 0 aliphatic heterocycles. The van der Waals surface area contributed by atoms with Crippen LogP contribution in [0.1, 0.15) is 38.2 Å². The number of alkyl halides is 3. The molecule has 5 nitrogen and oxygen atoms in total. The van der Waals surface area contributed by atoms with Crippen LogP contribution < -0.4 is 0 Å². The van der Waals surface area contributed by atoms with E-state index >= 15 is 0 Å². The summed E-state index contributed by atoms with van der Waals surface area (Å²) in [5.41, 5.74) is -0.861. The number of nitrogens with zero attached hydrogens (tertiary/aromatic N) is 2. The zero-order chi connectivity index (χ0) is 21.7. The summed E-state index contributed by atoms with van der Waals surface area (Å²) in [7, 11) is -2.33. The van der Waals surface area contributed by atoms with Crippen molar-refractivity contribution in [3.8, 4) is 0 Å². The Morgan fingerprint density at radius 2 is 1.55 bits per heavy atom.